The van der Waals surface area contributed by atoms with E-state index < -0.39 is 0 Å². The van der Waals surface area contributed by atoms with E-state index in [0.29, 0.717) is 55.8 Å². The Morgan fingerprint density at radius 3 is 2.26 bits per heavy atom. The molecule has 2 aromatic rings. The Bertz CT molecular complexity index is 912. The van der Waals surface area contributed by atoms with E-state index in [-0.39, 0.29) is 23.9 Å². The van der Waals surface area contributed by atoms with Gasteiger partial charge in [0.15, 0.2) is 0 Å². The van der Waals surface area contributed by atoms with Crippen LogP contribution in [0.1, 0.15) is 47.4 Å². The molecule has 1 aliphatic rings. The maximum atomic E-state index is 12.6. The summed E-state index contributed by atoms with van der Waals surface area (Å²) in [5, 5.41) is 9.90. The number of carbonyl (C=O) groups is 3. The van der Waals surface area contributed by atoms with E-state index >= 15 is 0 Å². The second-order valence-corrected chi connectivity index (χ2v) is 7.62. The molecule has 1 fully saturated rings. The summed E-state index contributed by atoms with van der Waals surface area (Å²) in [6.07, 6.45) is 4.60. The SMILES string of the molecule is CCN(CC)C(=O)c1ccc(NC(=O)N2CCC(NC(=O)c3cnn(C)c3)CC2)cc1. The molecule has 2 N–H and O–H groups in total. The summed E-state index contributed by atoms with van der Waals surface area (Å²) in [6, 6.07) is 6.81. The van der Waals surface area contributed by atoms with Gasteiger partial charge in [0, 0.05) is 56.7 Å². The number of hydrogen-bond acceptors (Lipinski definition) is 4. The number of benzene rings is 1. The number of amides is 4. The molecule has 3 rings (SSSR count). The highest BCUT2D eigenvalue weighted by atomic mass is 16.2. The molecule has 4 amide bonds. The number of carbonyl (C=O) groups excluding carboxylic acids is 3. The van der Waals surface area contributed by atoms with Crippen molar-refractivity contribution in [3.63, 3.8) is 0 Å². The highest BCUT2D eigenvalue weighted by Crippen LogP contribution is 2.16. The number of hydrogen-bond donors (Lipinski definition) is 2. The molecule has 2 heterocycles. The van der Waals surface area contributed by atoms with Crippen molar-refractivity contribution in [2.75, 3.05) is 31.5 Å². The van der Waals surface area contributed by atoms with Crippen LogP contribution in [-0.4, -0.2) is 69.6 Å². The average Bonchev–Trinajstić information content (AvgIpc) is 3.22. The standard InChI is InChI=1S/C22H30N6O3/c1-4-27(5-2)21(30)16-6-8-18(9-7-16)25-22(31)28-12-10-19(11-13-28)24-20(29)17-14-23-26(3)15-17/h6-9,14-15,19H,4-5,10-13H2,1-3H3,(H,24,29)(H,25,31). The van der Waals surface area contributed by atoms with Crippen LogP contribution in [0.4, 0.5) is 10.5 Å². The van der Waals surface area contributed by atoms with Gasteiger partial charge in [-0.05, 0) is 51.0 Å². The number of urea groups is 1. The Morgan fingerprint density at radius 1 is 1.06 bits per heavy atom. The predicted molar refractivity (Wildman–Crippen MR) is 118 cm³/mol. The van der Waals surface area contributed by atoms with Gasteiger partial charge in [0.05, 0.1) is 11.8 Å². The topological polar surface area (TPSA) is 99.6 Å². The first kappa shape index (κ1) is 22.3. The van der Waals surface area contributed by atoms with Crippen molar-refractivity contribution in [2.24, 2.45) is 7.05 Å². The summed E-state index contributed by atoms with van der Waals surface area (Å²) in [5.41, 5.74) is 1.78. The van der Waals surface area contributed by atoms with Crippen molar-refractivity contribution in [1.29, 1.82) is 0 Å². The smallest absolute Gasteiger partial charge is 0.321 e. The Hall–Kier alpha value is -3.36. The van der Waals surface area contributed by atoms with Crippen LogP contribution in [0.2, 0.25) is 0 Å². The van der Waals surface area contributed by atoms with E-state index in [4.69, 9.17) is 0 Å². The molecule has 0 atom stereocenters. The molecule has 0 radical (unpaired) electrons. The lowest BCUT2D eigenvalue weighted by Gasteiger charge is -2.32. The normalized spacial score (nSPS) is 14.2. The number of aromatic nitrogens is 2. The van der Waals surface area contributed by atoms with E-state index in [0.717, 1.165) is 0 Å². The van der Waals surface area contributed by atoms with Gasteiger partial charge in [0.1, 0.15) is 0 Å². The zero-order valence-electron chi connectivity index (χ0n) is 18.3. The largest absolute Gasteiger partial charge is 0.349 e. The molecule has 31 heavy (non-hydrogen) atoms. The van der Waals surface area contributed by atoms with Crippen LogP contribution in [-0.2, 0) is 7.05 Å². The Kier molecular flexibility index (Phi) is 7.28. The number of aryl methyl sites for hydroxylation is 1. The first-order chi connectivity index (χ1) is 14.9. The van der Waals surface area contributed by atoms with E-state index in [1.807, 2.05) is 13.8 Å². The third kappa shape index (κ3) is 5.62. The van der Waals surface area contributed by atoms with Crippen molar-refractivity contribution < 1.29 is 14.4 Å². The van der Waals surface area contributed by atoms with Crippen molar-refractivity contribution in [3.8, 4) is 0 Å². The lowest BCUT2D eigenvalue weighted by atomic mass is 10.0. The van der Waals surface area contributed by atoms with E-state index in [2.05, 4.69) is 15.7 Å². The first-order valence-electron chi connectivity index (χ1n) is 10.7. The van der Waals surface area contributed by atoms with Gasteiger partial charge in [-0.3, -0.25) is 14.3 Å². The van der Waals surface area contributed by atoms with Gasteiger partial charge in [-0.25, -0.2) is 4.79 Å². The Morgan fingerprint density at radius 2 is 1.71 bits per heavy atom. The summed E-state index contributed by atoms with van der Waals surface area (Å²) in [4.78, 5) is 40.7. The zero-order chi connectivity index (χ0) is 22.4. The van der Waals surface area contributed by atoms with Crippen LogP contribution in [0.15, 0.2) is 36.7 Å². The molecule has 1 aliphatic heterocycles. The monoisotopic (exact) mass is 426 g/mol. The second kappa shape index (κ2) is 10.1. The zero-order valence-corrected chi connectivity index (χ0v) is 18.3. The third-order valence-electron chi connectivity index (χ3n) is 5.52. The lowest BCUT2D eigenvalue weighted by molar-refractivity contribution is 0.0772. The number of piperidine rings is 1. The third-order valence-corrected chi connectivity index (χ3v) is 5.52. The van der Waals surface area contributed by atoms with Gasteiger partial charge in [-0.2, -0.15) is 5.10 Å². The molecule has 0 bridgehead atoms. The minimum Gasteiger partial charge on any atom is -0.349 e. The van der Waals surface area contributed by atoms with Gasteiger partial charge in [-0.1, -0.05) is 0 Å². The molecule has 1 saturated heterocycles. The molecule has 9 nitrogen and oxygen atoms in total. The van der Waals surface area contributed by atoms with Gasteiger partial charge in [-0.15, -0.1) is 0 Å². The molecular formula is C22H30N6O3. The summed E-state index contributed by atoms with van der Waals surface area (Å²) in [5.74, 6) is -0.159. The Balaban J connectivity index is 1.47. The molecule has 0 saturated carbocycles. The van der Waals surface area contributed by atoms with E-state index in [1.165, 1.54) is 0 Å². The molecule has 0 spiro atoms. The fraction of sp³-hybridized carbons (Fsp3) is 0.455. The minimum atomic E-state index is -0.181. The average molecular weight is 427 g/mol. The van der Waals surface area contributed by atoms with Gasteiger partial charge in [0.25, 0.3) is 11.8 Å². The summed E-state index contributed by atoms with van der Waals surface area (Å²) >= 11 is 0. The minimum absolute atomic E-state index is 0.0155. The fourth-order valence-electron chi connectivity index (χ4n) is 3.63. The van der Waals surface area contributed by atoms with Crippen LogP contribution in [0, 0.1) is 0 Å². The highest BCUT2D eigenvalue weighted by Gasteiger charge is 2.24. The molecule has 166 valence electrons. The maximum Gasteiger partial charge on any atom is 0.321 e. The Labute approximate surface area is 182 Å². The quantitative estimate of drug-likeness (QED) is 0.740. The first-order valence-corrected chi connectivity index (χ1v) is 10.7. The van der Waals surface area contributed by atoms with Gasteiger partial charge >= 0.3 is 6.03 Å². The summed E-state index contributed by atoms with van der Waals surface area (Å²) in [7, 11) is 1.77. The number of nitrogens with one attached hydrogen (secondary N) is 2. The summed E-state index contributed by atoms with van der Waals surface area (Å²) < 4.78 is 1.59. The predicted octanol–water partition coefficient (Wildman–Crippen LogP) is 2.33. The van der Waals surface area contributed by atoms with Crippen LogP contribution >= 0.6 is 0 Å². The van der Waals surface area contributed by atoms with E-state index in [9.17, 15) is 14.4 Å². The molecule has 1 aromatic heterocycles. The molecule has 9 heteroatoms. The highest BCUT2D eigenvalue weighted by molar-refractivity contribution is 5.96. The van der Waals surface area contributed by atoms with Crippen LogP contribution in [0.25, 0.3) is 0 Å². The molecule has 1 aromatic carbocycles. The van der Waals surface area contributed by atoms with Gasteiger partial charge < -0.3 is 20.4 Å². The number of likely N-dealkylation sites (tertiary alicyclic amines) is 1. The van der Waals surface area contributed by atoms with Gasteiger partial charge in [0.2, 0.25) is 0 Å². The summed E-state index contributed by atoms with van der Waals surface area (Å²) in [6.45, 7) is 6.33. The van der Waals surface area contributed by atoms with Crippen molar-refractivity contribution in [1.82, 2.24) is 24.9 Å². The molecular weight excluding hydrogens is 396 g/mol. The van der Waals surface area contributed by atoms with Crippen LogP contribution in [0.5, 0.6) is 0 Å². The lowest BCUT2D eigenvalue weighted by Crippen LogP contribution is -2.47. The number of nitrogens with zero attached hydrogens (tertiary/aromatic N) is 4. The van der Waals surface area contributed by atoms with Crippen molar-refractivity contribution in [2.45, 2.75) is 32.7 Å². The fourth-order valence-corrected chi connectivity index (χ4v) is 3.63. The van der Waals surface area contributed by atoms with Crippen LogP contribution in [0.3, 0.4) is 0 Å². The maximum absolute atomic E-state index is 12.6. The second-order valence-electron chi connectivity index (χ2n) is 7.62. The van der Waals surface area contributed by atoms with E-state index in [1.54, 1.807) is 58.2 Å². The number of anilines is 1. The number of rotatable bonds is 6. The van der Waals surface area contributed by atoms with Crippen molar-refractivity contribution >= 4 is 23.5 Å². The van der Waals surface area contributed by atoms with Crippen molar-refractivity contribution in [3.05, 3.63) is 47.8 Å². The van der Waals surface area contributed by atoms with Crippen LogP contribution < -0.4 is 10.6 Å². The molecule has 0 aliphatic carbocycles. The molecule has 0 unspecified atom stereocenters.